The van der Waals surface area contributed by atoms with Crippen LogP contribution in [0.15, 0.2) is 30.3 Å². The van der Waals surface area contributed by atoms with Gasteiger partial charge in [0, 0.05) is 59.8 Å². The Labute approximate surface area is 229 Å². The number of nitrogens with one attached hydrogen (secondary N) is 1. The minimum absolute atomic E-state index is 0.100. The van der Waals surface area contributed by atoms with E-state index in [9.17, 15) is 5.11 Å². The van der Waals surface area contributed by atoms with Crippen molar-refractivity contribution in [3.8, 4) is 11.8 Å². The highest BCUT2D eigenvalue weighted by molar-refractivity contribution is 6.37. The van der Waals surface area contributed by atoms with Crippen molar-refractivity contribution in [2.45, 2.75) is 50.7 Å². The maximum absolute atomic E-state index is 10.5. The van der Waals surface area contributed by atoms with Crippen molar-refractivity contribution in [2.24, 2.45) is 0 Å². The van der Waals surface area contributed by atoms with Crippen molar-refractivity contribution < 1.29 is 9.84 Å². The first-order valence-electron chi connectivity index (χ1n) is 13.8. The molecule has 4 aliphatic heterocycles. The van der Waals surface area contributed by atoms with Gasteiger partial charge in [-0.1, -0.05) is 35.9 Å². The van der Waals surface area contributed by atoms with Gasteiger partial charge in [0.25, 0.3) is 0 Å². The molecule has 2 aromatic carbocycles. The summed E-state index contributed by atoms with van der Waals surface area (Å²) in [6.07, 6.45) is 6.12. The number of rotatable bonds is 3. The number of fused-ring (bicyclic) bond motifs is 4. The molecule has 3 saturated heterocycles. The number of anilines is 2. The Hall–Kier alpha value is -2.81. The highest BCUT2D eigenvalue weighted by atomic mass is 35.5. The second-order valence-electron chi connectivity index (χ2n) is 11.0. The SMILES string of the molecule is CN1CCCC1.COc1nc2c(c(N3CC4CCC(C3)N4)n1)CCN(c1cc(O)c(Cl)c3ccccc13)C2. The Morgan fingerprint density at radius 1 is 1.00 bits per heavy atom. The first-order chi connectivity index (χ1) is 18.5. The largest absolute Gasteiger partial charge is 0.506 e. The zero-order valence-electron chi connectivity index (χ0n) is 22.3. The summed E-state index contributed by atoms with van der Waals surface area (Å²) in [4.78, 5) is 16.6. The maximum Gasteiger partial charge on any atom is 0.318 e. The number of aromatic nitrogens is 2. The highest BCUT2D eigenvalue weighted by Gasteiger charge is 2.35. The summed E-state index contributed by atoms with van der Waals surface area (Å²) in [5.41, 5.74) is 3.17. The minimum atomic E-state index is 0.100. The molecule has 8 nitrogen and oxygen atoms in total. The van der Waals surface area contributed by atoms with Crippen LogP contribution in [0.25, 0.3) is 10.8 Å². The van der Waals surface area contributed by atoms with Gasteiger partial charge in [0.1, 0.15) is 11.6 Å². The minimum Gasteiger partial charge on any atom is -0.506 e. The Kier molecular flexibility index (Phi) is 7.20. The second-order valence-corrected chi connectivity index (χ2v) is 11.3. The summed E-state index contributed by atoms with van der Waals surface area (Å²) in [5, 5.41) is 16.4. The molecule has 0 aliphatic carbocycles. The summed E-state index contributed by atoms with van der Waals surface area (Å²) in [6, 6.07) is 11.2. The van der Waals surface area contributed by atoms with Crippen LogP contribution in [0.2, 0.25) is 5.02 Å². The van der Waals surface area contributed by atoms with Gasteiger partial charge in [0.2, 0.25) is 0 Å². The van der Waals surface area contributed by atoms with Crippen LogP contribution in [0.3, 0.4) is 0 Å². The number of hydrogen-bond donors (Lipinski definition) is 2. The van der Waals surface area contributed by atoms with Gasteiger partial charge in [-0.25, -0.2) is 0 Å². The highest BCUT2D eigenvalue weighted by Crippen LogP contribution is 2.41. The summed E-state index contributed by atoms with van der Waals surface area (Å²) >= 11 is 6.38. The van der Waals surface area contributed by atoms with Gasteiger partial charge in [-0.2, -0.15) is 9.97 Å². The molecular formula is C29H37ClN6O2. The van der Waals surface area contributed by atoms with Gasteiger partial charge < -0.3 is 29.9 Å². The van der Waals surface area contributed by atoms with Crippen molar-refractivity contribution in [3.05, 3.63) is 46.6 Å². The predicted octanol–water partition coefficient (Wildman–Crippen LogP) is 4.21. The van der Waals surface area contributed by atoms with Gasteiger partial charge in [0.05, 0.1) is 24.4 Å². The maximum atomic E-state index is 10.5. The first kappa shape index (κ1) is 25.5. The molecule has 3 fully saturated rings. The van der Waals surface area contributed by atoms with E-state index < -0.39 is 0 Å². The number of piperazine rings is 1. The van der Waals surface area contributed by atoms with Crippen LogP contribution in [0.1, 0.15) is 36.9 Å². The lowest BCUT2D eigenvalue weighted by Crippen LogP contribution is -2.52. The third-order valence-electron chi connectivity index (χ3n) is 8.33. The molecule has 2 bridgehead atoms. The van der Waals surface area contributed by atoms with Crippen molar-refractivity contribution in [2.75, 3.05) is 56.7 Å². The van der Waals surface area contributed by atoms with E-state index in [4.69, 9.17) is 26.3 Å². The lowest BCUT2D eigenvalue weighted by molar-refractivity contribution is 0.374. The lowest BCUT2D eigenvalue weighted by Gasteiger charge is -2.37. The monoisotopic (exact) mass is 536 g/mol. The molecule has 2 atom stereocenters. The second kappa shape index (κ2) is 10.8. The molecule has 3 aromatic rings. The molecule has 0 radical (unpaired) electrons. The summed E-state index contributed by atoms with van der Waals surface area (Å²) < 4.78 is 5.49. The van der Waals surface area contributed by atoms with Crippen LogP contribution >= 0.6 is 11.6 Å². The zero-order valence-corrected chi connectivity index (χ0v) is 23.0. The number of phenols is 1. The number of benzene rings is 2. The molecule has 2 unspecified atom stereocenters. The average molecular weight is 537 g/mol. The smallest absolute Gasteiger partial charge is 0.318 e. The van der Waals surface area contributed by atoms with E-state index >= 15 is 0 Å². The van der Waals surface area contributed by atoms with E-state index in [0.29, 0.717) is 29.7 Å². The van der Waals surface area contributed by atoms with Crippen molar-refractivity contribution >= 4 is 33.9 Å². The van der Waals surface area contributed by atoms with Gasteiger partial charge >= 0.3 is 6.01 Å². The van der Waals surface area contributed by atoms with Crippen molar-refractivity contribution in [3.63, 3.8) is 0 Å². The number of phenolic OH excluding ortho intramolecular Hbond substituents is 1. The average Bonchev–Trinajstić information content (AvgIpc) is 3.57. The normalized spacial score (nSPS) is 22.8. The van der Waals surface area contributed by atoms with Crippen LogP contribution in [0.5, 0.6) is 11.8 Å². The number of nitrogens with zero attached hydrogens (tertiary/aromatic N) is 5. The van der Waals surface area contributed by atoms with E-state index in [2.05, 4.69) is 27.1 Å². The molecule has 7 rings (SSSR count). The lowest BCUT2D eigenvalue weighted by atomic mass is 10.0. The first-order valence-corrected chi connectivity index (χ1v) is 14.2. The molecule has 0 saturated carbocycles. The van der Waals surface area contributed by atoms with Crippen LogP contribution < -0.4 is 19.9 Å². The quantitative estimate of drug-likeness (QED) is 0.515. The molecule has 0 amide bonds. The van der Waals surface area contributed by atoms with Crippen molar-refractivity contribution in [1.29, 1.82) is 0 Å². The molecule has 202 valence electrons. The van der Waals surface area contributed by atoms with Gasteiger partial charge in [-0.05, 0) is 52.2 Å². The topological polar surface area (TPSA) is 77.0 Å². The van der Waals surface area contributed by atoms with Crippen molar-refractivity contribution in [1.82, 2.24) is 20.2 Å². The van der Waals surface area contributed by atoms with Gasteiger partial charge in [0.15, 0.2) is 0 Å². The fraction of sp³-hybridized carbons (Fsp3) is 0.517. The third-order valence-corrected chi connectivity index (χ3v) is 8.73. The third kappa shape index (κ3) is 4.97. The van der Waals surface area contributed by atoms with E-state index in [-0.39, 0.29) is 5.75 Å². The van der Waals surface area contributed by atoms with Crippen LogP contribution in [-0.2, 0) is 13.0 Å². The molecule has 38 heavy (non-hydrogen) atoms. The van der Waals surface area contributed by atoms with Gasteiger partial charge in [-0.3, -0.25) is 0 Å². The van der Waals surface area contributed by atoms with E-state index in [1.54, 1.807) is 13.2 Å². The number of hydrogen-bond acceptors (Lipinski definition) is 8. The zero-order chi connectivity index (χ0) is 26.2. The molecule has 5 heterocycles. The fourth-order valence-electron chi connectivity index (χ4n) is 6.36. The van der Waals surface area contributed by atoms with Gasteiger partial charge in [-0.15, -0.1) is 0 Å². The molecule has 0 spiro atoms. The van der Waals surface area contributed by atoms with E-state index in [0.717, 1.165) is 54.0 Å². The van der Waals surface area contributed by atoms with E-state index in [1.807, 2.05) is 24.3 Å². The summed E-state index contributed by atoms with van der Waals surface area (Å²) in [6.45, 7) is 6.04. The Balaban J connectivity index is 0.000000390. The number of aromatic hydroxyl groups is 1. The Morgan fingerprint density at radius 3 is 2.37 bits per heavy atom. The Bertz CT molecular complexity index is 1300. The number of ether oxygens (including phenoxy) is 1. The fourth-order valence-corrected chi connectivity index (χ4v) is 6.58. The number of halogens is 1. The summed E-state index contributed by atoms with van der Waals surface area (Å²) in [5.74, 6) is 1.12. The van der Waals surface area contributed by atoms with Crippen LogP contribution in [0.4, 0.5) is 11.5 Å². The standard InChI is InChI=1S/C24H26ClN5O2.C5H11N/c1-32-24-27-19-13-29(20-10-21(31)22(25)17-5-3-2-4-16(17)20)9-8-18(19)23(28-24)30-11-14-6-7-15(12-30)26-14;1-6-4-2-3-5-6/h2-5,10,14-15,26,31H,6-9,11-13H2,1H3;2-5H2,1H3. The summed E-state index contributed by atoms with van der Waals surface area (Å²) in [7, 11) is 3.80. The number of methoxy groups -OCH3 is 1. The predicted molar refractivity (Wildman–Crippen MR) is 153 cm³/mol. The molecule has 2 N–H and O–H groups in total. The Morgan fingerprint density at radius 2 is 1.71 bits per heavy atom. The van der Waals surface area contributed by atoms with Crippen LogP contribution in [0, 0.1) is 0 Å². The molecular weight excluding hydrogens is 500 g/mol. The number of likely N-dealkylation sites (tertiary alicyclic amines) is 1. The molecule has 4 aliphatic rings. The molecule has 1 aromatic heterocycles. The van der Waals surface area contributed by atoms with E-state index in [1.165, 1.54) is 44.3 Å². The van der Waals surface area contributed by atoms with Crippen LogP contribution in [-0.4, -0.2) is 78.9 Å². The molecule has 9 heteroatoms.